The molecule has 0 aromatic heterocycles. The van der Waals surface area contributed by atoms with Gasteiger partial charge in [-0.2, -0.15) is 13.2 Å². The Bertz CT molecular complexity index is 539. The number of rotatable bonds is 5. The summed E-state index contributed by atoms with van der Waals surface area (Å²) in [5.74, 6) is 0. The van der Waals surface area contributed by atoms with E-state index >= 15 is 0 Å². The highest BCUT2D eigenvalue weighted by molar-refractivity contribution is 7.92. The van der Waals surface area contributed by atoms with Crippen molar-refractivity contribution in [3.8, 4) is 0 Å². The van der Waals surface area contributed by atoms with Crippen LogP contribution in [0.15, 0.2) is 29.2 Å². The van der Waals surface area contributed by atoms with Gasteiger partial charge in [0.2, 0.25) is 0 Å². The number of benzene rings is 1. The zero-order valence-electron chi connectivity index (χ0n) is 11.2. The van der Waals surface area contributed by atoms with Crippen LogP contribution in [0.25, 0.3) is 0 Å². The van der Waals surface area contributed by atoms with Crippen molar-refractivity contribution < 1.29 is 21.6 Å². The van der Waals surface area contributed by atoms with Gasteiger partial charge in [0, 0.05) is 24.8 Å². The van der Waals surface area contributed by atoms with Crippen molar-refractivity contribution in [1.29, 1.82) is 0 Å². The Balaban J connectivity index is 3.11. The second-order valence-electron chi connectivity index (χ2n) is 4.52. The van der Waals surface area contributed by atoms with Crippen LogP contribution in [0.2, 0.25) is 0 Å². The van der Waals surface area contributed by atoms with E-state index in [0.717, 1.165) is 12.1 Å². The van der Waals surface area contributed by atoms with E-state index in [1.54, 1.807) is 0 Å². The number of hydrogen-bond acceptors (Lipinski definition) is 4. The Morgan fingerprint density at radius 2 is 1.70 bits per heavy atom. The second kappa shape index (κ2) is 6.01. The first-order valence-corrected chi connectivity index (χ1v) is 7.47. The molecule has 0 fully saturated rings. The van der Waals surface area contributed by atoms with Gasteiger partial charge < -0.3 is 10.6 Å². The number of sulfone groups is 1. The minimum atomic E-state index is -5.29. The number of nitrogens with two attached hydrogens (primary N) is 1. The molecule has 8 heteroatoms. The first-order valence-electron chi connectivity index (χ1n) is 5.99. The molecule has 0 amide bonds. The lowest BCUT2D eigenvalue weighted by Crippen LogP contribution is -2.35. The van der Waals surface area contributed by atoms with Gasteiger partial charge in [-0.3, -0.25) is 0 Å². The quantitative estimate of drug-likeness (QED) is 0.905. The van der Waals surface area contributed by atoms with Crippen LogP contribution in [0.3, 0.4) is 0 Å². The summed E-state index contributed by atoms with van der Waals surface area (Å²) in [6, 6.07) is 4.74. The predicted molar refractivity (Wildman–Crippen MR) is 71.2 cm³/mol. The summed E-state index contributed by atoms with van der Waals surface area (Å²) in [5.41, 5.74) is 0.817. The molecule has 0 saturated heterocycles. The number of hydrogen-bond donors (Lipinski definition) is 1. The monoisotopic (exact) mass is 310 g/mol. The van der Waals surface area contributed by atoms with E-state index < -0.39 is 20.2 Å². The zero-order chi connectivity index (χ0) is 15.6. The topological polar surface area (TPSA) is 63.4 Å². The molecule has 0 atom stereocenters. The molecular weight excluding hydrogens is 293 g/mol. The van der Waals surface area contributed by atoms with Crippen LogP contribution in [0.4, 0.5) is 18.9 Å². The third-order valence-electron chi connectivity index (χ3n) is 2.78. The van der Waals surface area contributed by atoms with Crippen LogP contribution >= 0.6 is 0 Å². The predicted octanol–water partition coefficient (Wildman–Crippen LogP) is 2.15. The third kappa shape index (κ3) is 3.43. The van der Waals surface area contributed by atoms with Crippen LogP contribution in [0.5, 0.6) is 0 Å². The van der Waals surface area contributed by atoms with E-state index in [1.807, 2.05) is 18.7 Å². The molecule has 20 heavy (non-hydrogen) atoms. The maximum absolute atomic E-state index is 12.4. The highest BCUT2D eigenvalue weighted by Crippen LogP contribution is 2.31. The van der Waals surface area contributed by atoms with Crippen molar-refractivity contribution in [3.05, 3.63) is 24.3 Å². The van der Waals surface area contributed by atoms with Gasteiger partial charge in [-0.25, -0.2) is 8.42 Å². The fourth-order valence-corrected chi connectivity index (χ4v) is 2.54. The van der Waals surface area contributed by atoms with Crippen molar-refractivity contribution in [1.82, 2.24) is 0 Å². The van der Waals surface area contributed by atoms with Crippen molar-refractivity contribution in [2.75, 3.05) is 18.0 Å². The van der Waals surface area contributed by atoms with E-state index in [0.29, 0.717) is 18.8 Å². The minimum Gasteiger partial charge on any atom is -0.368 e. The highest BCUT2D eigenvalue weighted by Gasteiger charge is 2.46. The summed E-state index contributed by atoms with van der Waals surface area (Å²) in [6.07, 6.45) is 0. The second-order valence-corrected chi connectivity index (χ2v) is 6.46. The van der Waals surface area contributed by atoms with Crippen molar-refractivity contribution in [2.45, 2.75) is 30.3 Å². The molecule has 0 aliphatic heterocycles. The van der Waals surface area contributed by atoms with Gasteiger partial charge in [-0.1, -0.05) is 0 Å². The SMILES string of the molecule is CC(C)N(CCN)c1ccc(S(=O)(=O)C(F)(F)F)cc1. The normalized spacial score (nSPS) is 12.8. The van der Waals surface area contributed by atoms with Crippen LogP contribution in [-0.4, -0.2) is 33.1 Å². The van der Waals surface area contributed by atoms with Gasteiger partial charge in [0.25, 0.3) is 9.84 Å². The largest absolute Gasteiger partial charge is 0.501 e. The van der Waals surface area contributed by atoms with Gasteiger partial charge >= 0.3 is 5.51 Å². The molecule has 0 saturated carbocycles. The number of anilines is 1. The molecule has 0 spiro atoms. The average molecular weight is 310 g/mol. The molecule has 0 bridgehead atoms. The molecule has 1 aromatic carbocycles. The molecule has 4 nitrogen and oxygen atoms in total. The fraction of sp³-hybridized carbons (Fsp3) is 0.500. The van der Waals surface area contributed by atoms with Gasteiger partial charge in [0.05, 0.1) is 4.90 Å². The molecule has 2 N–H and O–H groups in total. The zero-order valence-corrected chi connectivity index (χ0v) is 12.0. The highest BCUT2D eigenvalue weighted by atomic mass is 32.2. The third-order valence-corrected chi connectivity index (χ3v) is 4.28. The molecule has 0 radical (unpaired) electrons. The van der Waals surface area contributed by atoms with E-state index in [1.165, 1.54) is 12.1 Å². The number of alkyl halides is 3. The Morgan fingerprint density at radius 1 is 1.20 bits per heavy atom. The average Bonchev–Trinajstić information content (AvgIpc) is 2.34. The Labute approximate surface area is 116 Å². The maximum Gasteiger partial charge on any atom is 0.501 e. The van der Waals surface area contributed by atoms with Crippen LogP contribution in [0.1, 0.15) is 13.8 Å². The Hall–Kier alpha value is -1.28. The molecule has 0 unspecified atom stereocenters. The minimum absolute atomic E-state index is 0.101. The van der Waals surface area contributed by atoms with Crippen molar-refractivity contribution in [2.24, 2.45) is 5.73 Å². The smallest absolute Gasteiger partial charge is 0.368 e. The van der Waals surface area contributed by atoms with Crippen molar-refractivity contribution >= 4 is 15.5 Å². The summed E-state index contributed by atoms with van der Waals surface area (Å²) in [7, 11) is -5.29. The molecule has 1 rings (SSSR count). The molecular formula is C12H17F3N2O2S. The van der Waals surface area contributed by atoms with Gasteiger partial charge in [-0.15, -0.1) is 0 Å². The molecule has 0 aliphatic carbocycles. The molecule has 1 aromatic rings. The summed E-state index contributed by atoms with van der Waals surface area (Å²) >= 11 is 0. The van der Waals surface area contributed by atoms with Gasteiger partial charge in [-0.05, 0) is 38.1 Å². The van der Waals surface area contributed by atoms with E-state index in [4.69, 9.17) is 5.73 Å². The van der Waals surface area contributed by atoms with E-state index in [2.05, 4.69) is 0 Å². The van der Waals surface area contributed by atoms with Gasteiger partial charge in [0.1, 0.15) is 0 Å². The van der Waals surface area contributed by atoms with Crippen LogP contribution in [0, 0.1) is 0 Å². The summed E-state index contributed by atoms with van der Waals surface area (Å²) in [6.45, 7) is 4.75. The Morgan fingerprint density at radius 3 is 2.05 bits per heavy atom. The van der Waals surface area contributed by atoms with Crippen LogP contribution in [-0.2, 0) is 9.84 Å². The Kier molecular flexibility index (Phi) is 5.04. The number of nitrogens with zero attached hydrogens (tertiary/aromatic N) is 1. The first kappa shape index (κ1) is 16.8. The maximum atomic E-state index is 12.4. The van der Waals surface area contributed by atoms with Gasteiger partial charge in [0.15, 0.2) is 0 Å². The summed E-state index contributed by atoms with van der Waals surface area (Å²) in [5, 5.41) is 0. The lowest BCUT2D eigenvalue weighted by molar-refractivity contribution is -0.0436. The lowest BCUT2D eigenvalue weighted by atomic mass is 10.2. The summed E-state index contributed by atoms with van der Waals surface area (Å²) in [4.78, 5) is 1.12. The first-order chi connectivity index (χ1) is 9.11. The number of halogens is 3. The molecule has 114 valence electrons. The standard InChI is InChI=1S/C12H17F3N2O2S/c1-9(2)17(8-7-16)10-3-5-11(6-4-10)20(18,19)12(13,14)15/h3-6,9H,7-8,16H2,1-2H3. The fourth-order valence-electron chi connectivity index (χ4n) is 1.77. The lowest BCUT2D eigenvalue weighted by Gasteiger charge is -2.28. The van der Waals surface area contributed by atoms with Crippen molar-refractivity contribution in [3.63, 3.8) is 0 Å². The molecule has 0 heterocycles. The van der Waals surface area contributed by atoms with E-state index in [9.17, 15) is 21.6 Å². The van der Waals surface area contributed by atoms with Crippen LogP contribution < -0.4 is 10.6 Å². The molecule has 0 aliphatic rings. The summed E-state index contributed by atoms with van der Waals surface area (Å²) < 4.78 is 59.7. The van der Waals surface area contributed by atoms with E-state index in [-0.39, 0.29) is 6.04 Å².